The summed E-state index contributed by atoms with van der Waals surface area (Å²) >= 11 is 0. The zero-order valence-electron chi connectivity index (χ0n) is 14.8. The average Bonchev–Trinajstić information content (AvgIpc) is 2.35. The number of piperidine rings is 1. The van der Waals surface area contributed by atoms with E-state index in [1.807, 2.05) is 19.0 Å². The van der Waals surface area contributed by atoms with Gasteiger partial charge >= 0.3 is 12.1 Å². The van der Waals surface area contributed by atoms with Crippen LogP contribution in [0.15, 0.2) is 0 Å². The van der Waals surface area contributed by atoms with E-state index in [9.17, 15) is 19.8 Å². The lowest BCUT2D eigenvalue weighted by molar-refractivity contribution is -0.154. The summed E-state index contributed by atoms with van der Waals surface area (Å²) in [5.41, 5.74) is -1.55. The van der Waals surface area contributed by atoms with Crippen molar-refractivity contribution in [3.63, 3.8) is 0 Å². The maximum Gasteiger partial charge on any atom is 0.410 e. The Morgan fingerprint density at radius 2 is 1.78 bits per heavy atom. The van der Waals surface area contributed by atoms with Gasteiger partial charge in [0.15, 0.2) is 0 Å². The number of likely N-dealkylation sites (tertiary alicyclic amines) is 1. The molecule has 1 heterocycles. The van der Waals surface area contributed by atoms with Crippen molar-refractivity contribution in [3.8, 4) is 0 Å². The van der Waals surface area contributed by atoms with E-state index in [0.29, 0.717) is 32.5 Å². The van der Waals surface area contributed by atoms with Gasteiger partial charge in [0.1, 0.15) is 5.60 Å². The van der Waals surface area contributed by atoms with Crippen molar-refractivity contribution in [2.24, 2.45) is 5.41 Å². The summed E-state index contributed by atoms with van der Waals surface area (Å²) in [7, 11) is 3.67. The van der Waals surface area contributed by atoms with E-state index in [2.05, 4.69) is 0 Å². The minimum atomic E-state index is -0.978. The highest BCUT2D eigenvalue weighted by molar-refractivity contribution is 5.75. The summed E-state index contributed by atoms with van der Waals surface area (Å²) in [5.74, 6) is -0.904. The fourth-order valence-corrected chi connectivity index (χ4v) is 2.89. The van der Waals surface area contributed by atoms with Crippen LogP contribution in [0.2, 0.25) is 0 Å². The van der Waals surface area contributed by atoms with Crippen LogP contribution in [0.3, 0.4) is 0 Å². The third-order valence-electron chi connectivity index (χ3n) is 4.03. The number of likely N-dealkylation sites (N-methyl/N-ethyl adjacent to an activating group) is 1. The molecule has 1 amide bonds. The summed E-state index contributed by atoms with van der Waals surface area (Å²) in [6, 6.07) is 0. The maximum atomic E-state index is 12.1. The zero-order valence-corrected chi connectivity index (χ0v) is 14.8. The van der Waals surface area contributed by atoms with Gasteiger partial charge in [0.05, 0.1) is 11.5 Å². The molecule has 7 heteroatoms. The Morgan fingerprint density at radius 3 is 2.17 bits per heavy atom. The highest BCUT2D eigenvalue weighted by Gasteiger charge is 2.44. The Kier molecular flexibility index (Phi) is 6.41. The topological polar surface area (TPSA) is 90.3 Å². The Bertz CT molecular complexity index is 423. The predicted molar refractivity (Wildman–Crippen MR) is 86.3 cm³/mol. The van der Waals surface area contributed by atoms with E-state index >= 15 is 0 Å². The number of aliphatic carboxylic acids is 1. The average molecular weight is 330 g/mol. The number of rotatable bonds is 5. The van der Waals surface area contributed by atoms with Crippen LogP contribution in [0.4, 0.5) is 4.79 Å². The minimum Gasteiger partial charge on any atom is -0.481 e. The zero-order chi connectivity index (χ0) is 17.8. The first kappa shape index (κ1) is 19.7. The van der Waals surface area contributed by atoms with Crippen LogP contribution in [-0.4, -0.2) is 77.5 Å². The number of carboxylic acid groups (broad SMARTS) is 1. The van der Waals surface area contributed by atoms with Crippen molar-refractivity contribution in [3.05, 3.63) is 0 Å². The normalized spacial score (nSPS) is 19.5. The van der Waals surface area contributed by atoms with E-state index < -0.39 is 29.2 Å². The van der Waals surface area contributed by atoms with Gasteiger partial charge in [-0.05, 0) is 54.1 Å². The van der Waals surface area contributed by atoms with Crippen molar-refractivity contribution in [2.45, 2.75) is 51.7 Å². The smallest absolute Gasteiger partial charge is 0.410 e. The van der Waals surface area contributed by atoms with Gasteiger partial charge in [-0.15, -0.1) is 0 Å². The molecule has 0 bridgehead atoms. The standard InChI is InChI=1S/C16H30N2O5/c1-15(2,3)23-14(22)18-8-6-16(7-9-18,13(20)21)10-12(19)11-17(4)5/h12,19H,6-11H2,1-5H3,(H,20,21)/t12-/m0/s1. The molecule has 2 N–H and O–H groups in total. The second kappa shape index (κ2) is 7.49. The number of carboxylic acids is 1. The monoisotopic (exact) mass is 330 g/mol. The number of nitrogens with zero attached hydrogens (tertiary/aromatic N) is 2. The van der Waals surface area contributed by atoms with Gasteiger partial charge in [-0.2, -0.15) is 0 Å². The van der Waals surface area contributed by atoms with E-state index in [1.165, 1.54) is 0 Å². The van der Waals surface area contributed by atoms with Gasteiger partial charge in [-0.25, -0.2) is 4.79 Å². The van der Waals surface area contributed by atoms with Gasteiger partial charge in [-0.3, -0.25) is 4.79 Å². The molecule has 0 spiro atoms. The van der Waals surface area contributed by atoms with Crippen LogP contribution >= 0.6 is 0 Å². The van der Waals surface area contributed by atoms with E-state index in [4.69, 9.17) is 4.74 Å². The Labute approximate surface area is 138 Å². The lowest BCUT2D eigenvalue weighted by Gasteiger charge is -2.40. The first-order valence-electron chi connectivity index (χ1n) is 7.99. The van der Waals surface area contributed by atoms with Gasteiger partial charge in [-0.1, -0.05) is 0 Å². The fourth-order valence-electron chi connectivity index (χ4n) is 2.89. The first-order chi connectivity index (χ1) is 10.4. The quantitative estimate of drug-likeness (QED) is 0.792. The highest BCUT2D eigenvalue weighted by atomic mass is 16.6. The van der Waals surface area contributed by atoms with Crippen LogP contribution in [0.1, 0.15) is 40.0 Å². The van der Waals surface area contributed by atoms with Gasteiger partial charge < -0.3 is 24.7 Å². The van der Waals surface area contributed by atoms with Crippen LogP contribution in [0, 0.1) is 5.41 Å². The van der Waals surface area contributed by atoms with Crippen LogP contribution < -0.4 is 0 Å². The molecule has 0 aliphatic carbocycles. The van der Waals surface area contributed by atoms with Crippen LogP contribution in [0.25, 0.3) is 0 Å². The number of aliphatic hydroxyl groups excluding tert-OH is 1. The molecule has 1 aliphatic rings. The molecule has 0 saturated carbocycles. The predicted octanol–water partition coefficient (Wildman–Crippen LogP) is 1.40. The largest absolute Gasteiger partial charge is 0.481 e. The molecular weight excluding hydrogens is 300 g/mol. The summed E-state index contributed by atoms with van der Waals surface area (Å²) in [6.45, 7) is 6.48. The summed E-state index contributed by atoms with van der Waals surface area (Å²) in [4.78, 5) is 27.2. The minimum absolute atomic E-state index is 0.197. The SMILES string of the molecule is CN(C)C[C@@H](O)CC1(C(=O)O)CCN(C(=O)OC(C)(C)C)CC1. The second-order valence-corrected chi connectivity index (χ2v) is 7.67. The summed E-state index contributed by atoms with van der Waals surface area (Å²) < 4.78 is 5.32. The molecule has 1 aliphatic heterocycles. The van der Waals surface area contributed by atoms with E-state index in [0.717, 1.165) is 0 Å². The lowest BCUT2D eigenvalue weighted by Crippen LogP contribution is -2.49. The molecule has 1 atom stereocenters. The molecule has 1 saturated heterocycles. The van der Waals surface area contributed by atoms with Crippen molar-refractivity contribution in [1.82, 2.24) is 9.80 Å². The van der Waals surface area contributed by atoms with Gasteiger partial charge in [0.25, 0.3) is 0 Å². The van der Waals surface area contributed by atoms with Crippen molar-refractivity contribution >= 4 is 12.1 Å². The molecule has 7 nitrogen and oxygen atoms in total. The molecule has 134 valence electrons. The highest BCUT2D eigenvalue weighted by Crippen LogP contribution is 2.37. The third kappa shape index (κ3) is 5.99. The molecular formula is C16H30N2O5. The number of carbonyl (C=O) groups is 2. The maximum absolute atomic E-state index is 12.1. The number of hydrogen-bond acceptors (Lipinski definition) is 5. The number of ether oxygens (including phenoxy) is 1. The number of hydrogen-bond donors (Lipinski definition) is 2. The lowest BCUT2D eigenvalue weighted by atomic mass is 9.74. The number of aliphatic hydroxyl groups is 1. The van der Waals surface area contributed by atoms with Crippen molar-refractivity contribution in [1.29, 1.82) is 0 Å². The van der Waals surface area contributed by atoms with E-state index in [1.54, 1.807) is 25.7 Å². The fraction of sp³-hybridized carbons (Fsp3) is 0.875. The molecule has 1 rings (SSSR count). The molecule has 0 aromatic carbocycles. The Balaban J connectivity index is 2.67. The molecule has 0 aromatic heterocycles. The van der Waals surface area contributed by atoms with Crippen LogP contribution in [-0.2, 0) is 9.53 Å². The molecule has 0 aromatic rings. The van der Waals surface area contributed by atoms with Gasteiger partial charge in [0.2, 0.25) is 0 Å². The molecule has 23 heavy (non-hydrogen) atoms. The Hall–Kier alpha value is -1.34. The van der Waals surface area contributed by atoms with Crippen molar-refractivity contribution in [2.75, 3.05) is 33.7 Å². The summed E-state index contributed by atoms with van der Waals surface area (Å²) in [5, 5.41) is 19.7. The number of amides is 1. The van der Waals surface area contributed by atoms with Crippen LogP contribution in [0.5, 0.6) is 0 Å². The number of carbonyl (C=O) groups excluding carboxylic acids is 1. The van der Waals surface area contributed by atoms with E-state index in [-0.39, 0.29) is 6.42 Å². The molecule has 0 unspecified atom stereocenters. The third-order valence-corrected chi connectivity index (χ3v) is 4.03. The Morgan fingerprint density at radius 1 is 1.26 bits per heavy atom. The van der Waals surface area contributed by atoms with Gasteiger partial charge in [0, 0.05) is 19.6 Å². The van der Waals surface area contributed by atoms with Crippen molar-refractivity contribution < 1.29 is 24.5 Å². The first-order valence-corrected chi connectivity index (χ1v) is 7.99. The second-order valence-electron chi connectivity index (χ2n) is 7.67. The molecule has 1 fully saturated rings. The summed E-state index contributed by atoms with van der Waals surface area (Å²) in [6.07, 6.45) is -0.264. The molecule has 0 radical (unpaired) electrons.